The van der Waals surface area contributed by atoms with Crippen molar-refractivity contribution in [3.05, 3.63) is 0 Å². The minimum Gasteiger partial charge on any atom is -0.409 e. The third-order valence-corrected chi connectivity index (χ3v) is 4.95. The zero-order chi connectivity index (χ0) is 13.2. The Labute approximate surface area is 111 Å². The van der Waals surface area contributed by atoms with Gasteiger partial charge in [0.2, 0.25) is 0 Å². The van der Waals surface area contributed by atoms with Crippen molar-refractivity contribution in [2.75, 3.05) is 13.2 Å². The lowest BCUT2D eigenvalue weighted by atomic mass is 9.74. The summed E-state index contributed by atoms with van der Waals surface area (Å²) in [4.78, 5) is 10.1. The molecule has 0 unspecified atom stereocenters. The number of hydrogen-bond acceptors (Lipinski definition) is 4. The Morgan fingerprint density at radius 2 is 1.78 bits per heavy atom. The molecule has 1 heterocycles. The van der Waals surface area contributed by atoms with E-state index in [1.807, 2.05) is 0 Å². The highest BCUT2D eigenvalue weighted by Gasteiger charge is 2.49. The van der Waals surface area contributed by atoms with Crippen LogP contribution in [0.1, 0.15) is 32.1 Å². The Morgan fingerprint density at radius 1 is 1.11 bits per heavy atom. The molecule has 0 radical (unpaired) electrons. The van der Waals surface area contributed by atoms with E-state index in [0.717, 1.165) is 12.8 Å². The summed E-state index contributed by atoms with van der Waals surface area (Å²) in [7, 11) is -1.69. The lowest BCUT2D eigenvalue weighted by Gasteiger charge is -2.46. The van der Waals surface area contributed by atoms with E-state index in [4.69, 9.17) is 14.2 Å². The van der Waals surface area contributed by atoms with Gasteiger partial charge in [-0.3, -0.25) is 0 Å². The van der Waals surface area contributed by atoms with Crippen LogP contribution in [0.15, 0.2) is 0 Å². The van der Waals surface area contributed by atoms with E-state index < -0.39 is 13.9 Å². The SMILES string of the molecule is C[Si](C)(C)O[C@@H]1COOC[C@@]1(O)C1CCCCC1. The lowest BCUT2D eigenvalue weighted by molar-refractivity contribution is -0.378. The first-order chi connectivity index (χ1) is 8.42. The average molecular weight is 274 g/mol. The Hall–Kier alpha value is 0.0569. The number of hydrogen-bond donors (Lipinski definition) is 1. The van der Waals surface area contributed by atoms with E-state index in [-0.39, 0.29) is 18.6 Å². The summed E-state index contributed by atoms with van der Waals surface area (Å²) in [6.45, 7) is 7.02. The second kappa shape index (κ2) is 5.59. The highest BCUT2D eigenvalue weighted by Crippen LogP contribution is 2.38. The van der Waals surface area contributed by atoms with E-state index >= 15 is 0 Å². The second-order valence-electron chi connectivity index (χ2n) is 6.59. The maximum atomic E-state index is 11.0. The van der Waals surface area contributed by atoms with Gasteiger partial charge in [0.15, 0.2) is 8.32 Å². The number of rotatable bonds is 3. The molecule has 1 aliphatic heterocycles. The van der Waals surface area contributed by atoms with E-state index in [2.05, 4.69) is 19.6 Å². The van der Waals surface area contributed by atoms with Crippen LogP contribution < -0.4 is 0 Å². The first-order valence-corrected chi connectivity index (χ1v) is 10.5. The van der Waals surface area contributed by atoms with E-state index in [1.54, 1.807) is 0 Å². The summed E-state index contributed by atoms with van der Waals surface area (Å²) >= 11 is 0. The molecule has 18 heavy (non-hydrogen) atoms. The molecule has 2 fully saturated rings. The van der Waals surface area contributed by atoms with Crippen LogP contribution in [0.2, 0.25) is 19.6 Å². The van der Waals surface area contributed by atoms with Gasteiger partial charge in [0.05, 0.1) is 0 Å². The molecule has 5 heteroatoms. The van der Waals surface area contributed by atoms with Crippen LogP contribution in [0.5, 0.6) is 0 Å². The molecule has 4 nitrogen and oxygen atoms in total. The minimum absolute atomic E-state index is 0.235. The van der Waals surface area contributed by atoms with Gasteiger partial charge in [0.1, 0.15) is 24.9 Å². The van der Waals surface area contributed by atoms with Gasteiger partial charge in [-0.05, 0) is 38.4 Å². The molecular formula is C13H26O4Si. The van der Waals surface area contributed by atoms with Crippen LogP contribution >= 0.6 is 0 Å². The molecule has 1 N–H and O–H groups in total. The fraction of sp³-hybridized carbons (Fsp3) is 1.00. The van der Waals surface area contributed by atoms with E-state index in [0.29, 0.717) is 6.61 Å². The first-order valence-electron chi connectivity index (χ1n) is 7.06. The summed E-state index contributed by atoms with van der Waals surface area (Å²) in [6, 6.07) is 0. The van der Waals surface area contributed by atoms with Gasteiger partial charge in [-0.15, -0.1) is 0 Å². The first kappa shape index (κ1) is 14.5. The summed E-state index contributed by atoms with van der Waals surface area (Å²) in [6.07, 6.45) is 5.60. The molecule has 2 aliphatic rings. The standard InChI is InChI=1S/C13H26O4Si/c1-18(2,3)17-12-9-15-16-10-13(12,14)11-7-5-4-6-8-11/h11-12,14H,4-10H2,1-3H3/t12-,13-/m1/s1. The van der Waals surface area contributed by atoms with Crippen LogP contribution in [0.3, 0.4) is 0 Å². The normalized spacial score (nSPS) is 35.7. The van der Waals surface area contributed by atoms with Crippen LogP contribution in [0.4, 0.5) is 0 Å². The van der Waals surface area contributed by atoms with E-state index in [9.17, 15) is 5.11 Å². The zero-order valence-electron chi connectivity index (χ0n) is 11.8. The fourth-order valence-corrected chi connectivity index (χ4v) is 4.15. The molecule has 0 aromatic heterocycles. The molecule has 1 saturated carbocycles. The molecule has 1 saturated heterocycles. The Kier molecular flexibility index (Phi) is 4.49. The maximum absolute atomic E-state index is 11.0. The van der Waals surface area contributed by atoms with Gasteiger partial charge in [-0.2, -0.15) is 0 Å². The Morgan fingerprint density at radius 3 is 2.39 bits per heavy atom. The second-order valence-corrected chi connectivity index (χ2v) is 11.1. The molecular weight excluding hydrogens is 248 g/mol. The largest absolute Gasteiger partial charge is 0.409 e. The molecule has 0 aromatic rings. The van der Waals surface area contributed by atoms with Gasteiger partial charge in [0, 0.05) is 0 Å². The minimum atomic E-state index is -1.69. The molecule has 0 amide bonds. The van der Waals surface area contributed by atoms with Crippen molar-refractivity contribution in [2.24, 2.45) is 5.92 Å². The lowest BCUT2D eigenvalue weighted by Crippen LogP contribution is -2.60. The highest BCUT2D eigenvalue weighted by molar-refractivity contribution is 6.69. The summed E-state index contributed by atoms with van der Waals surface area (Å²) in [5.74, 6) is 0.288. The predicted molar refractivity (Wildman–Crippen MR) is 71.6 cm³/mol. The zero-order valence-corrected chi connectivity index (χ0v) is 12.8. The monoisotopic (exact) mass is 274 g/mol. The van der Waals surface area contributed by atoms with Crippen molar-refractivity contribution >= 4 is 8.32 Å². The van der Waals surface area contributed by atoms with Crippen molar-refractivity contribution in [3.8, 4) is 0 Å². The summed E-state index contributed by atoms with van der Waals surface area (Å²) < 4.78 is 6.13. The molecule has 0 spiro atoms. The van der Waals surface area contributed by atoms with Gasteiger partial charge in [0.25, 0.3) is 0 Å². The molecule has 2 rings (SSSR count). The van der Waals surface area contributed by atoms with Gasteiger partial charge < -0.3 is 9.53 Å². The number of aliphatic hydroxyl groups is 1. The third-order valence-electron chi connectivity index (χ3n) is 3.96. The van der Waals surface area contributed by atoms with Crippen molar-refractivity contribution in [3.63, 3.8) is 0 Å². The van der Waals surface area contributed by atoms with Crippen LogP contribution in [-0.2, 0) is 14.2 Å². The average Bonchev–Trinajstić information content (AvgIpc) is 2.32. The molecule has 0 aromatic carbocycles. The maximum Gasteiger partial charge on any atom is 0.184 e. The van der Waals surface area contributed by atoms with E-state index in [1.165, 1.54) is 19.3 Å². The van der Waals surface area contributed by atoms with Crippen molar-refractivity contribution < 1.29 is 19.3 Å². The quantitative estimate of drug-likeness (QED) is 0.634. The smallest absolute Gasteiger partial charge is 0.184 e. The van der Waals surface area contributed by atoms with Gasteiger partial charge in [-0.1, -0.05) is 19.3 Å². The molecule has 2 atom stereocenters. The van der Waals surface area contributed by atoms with Gasteiger partial charge >= 0.3 is 0 Å². The summed E-state index contributed by atoms with van der Waals surface area (Å²) in [5.41, 5.74) is -0.862. The Bertz CT molecular complexity index is 273. The predicted octanol–water partition coefficient (Wildman–Crippen LogP) is 2.48. The van der Waals surface area contributed by atoms with Crippen LogP contribution in [-0.4, -0.2) is 38.3 Å². The van der Waals surface area contributed by atoms with Crippen molar-refractivity contribution in [2.45, 2.75) is 63.5 Å². The molecule has 0 bridgehead atoms. The topological polar surface area (TPSA) is 47.9 Å². The van der Waals surface area contributed by atoms with Crippen LogP contribution in [0, 0.1) is 5.92 Å². The summed E-state index contributed by atoms with van der Waals surface area (Å²) in [5, 5.41) is 11.0. The van der Waals surface area contributed by atoms with Crippen LogP contribution in [0.25, 0.3) is 0 Å². The molecule has 106 valence electrons. The highest BCUT2D eigenvalue weighted by atomic mass is 28.4. The van der Waals surface area contributed by atoms with Crippen molar-refractivity contribution in [1.29, 1.82) is 0 Å². The third kappa shape index (κ3) is 3.33. The van der Waals surface area contributed by atoms with Gasteiger partial charge in [-0.25, -0.2) is 9.78 Å². The van der Waals surface area contributed by atoms with Crippen molar-refractivity contribution in [1.82, 2.24) is 0 Å². The molecule has 1 aliphatic carbocycles. The fourth-order valence-electron chi connectivity index (χ4n) is 3.03. The Balaban J connectivity index is 2.09.